The Morgan fingerprint density at radius 3 is 2.70 bits per heavy atom. The lowest BCUT2D eigenvalue weighted by atomic mass is 9.94. The summed E-state index contributed by atoms with van der Waals surface area (Å²) >= 11 is 5.63. The highest BCUT2D eigenvalue weighted by atomic mass is 35.5. The Bertz CT molecular complexity index is 1460. The highest BCUT2D eigenvalue weighted by molar-refractivity contribution is 6.27. The van der Waals surface area contributed by atoms with Crippen molar-refractivity contribution in [1.29, 1.82) is 0 Å². The van der Waals surface area contributed by atoms with Crippen LogP contribution in [-0.2, 0) is 17.8 Å². The number of carbonyl (C=O) groups excluding carboxylic acids is 1. The van der Waals surface area contributed by atoms with Crippen molar-refractivity contribution < 1.29 is 15.0 Å². The molecule has 1 unspecified atom stereocenters. The molecule has 8 nitrogen and oxygen atoms in total. The summed E-state index contributed by atoms with van der Waals surface area (Å²) in [4.78, 5) is 25.2. The number of aromatic hydroxyl groups is 2. The van der Waals surface area contributed by atoms with Gasteiger partial charge in [-0.1, -0.05) is 32.8 Å². The largest absolute Gasteiger partial charge is 0.508 e. The maximum atomic E-state index is 11.7. The van der Waals surface area contributed by atoms with Crippen LogP contribution < -0.4 is 5.73 Å². The molecule has 37 heavy (non-hydrogen) atoms. The third kappa shape index (κ3) is 5.69. The number of phenolic OH excluding ortho intramolecular Hbond substituents is 2. The lowest BCUT2D eigenvalue weighted by Gasteiger charge is -2.15. The van der Waals surface area contributed by atoms with E-state index in [4.69, 9.17) is 22.3 Å². The van der Waals surface area contributed by atoms with Crippen LogP contribution in [0.1, 0.15) is 62.4 Å². The number of aliphatic imine (C=N–C) groups is 1. The number of hydrogen-bond donors (Lipinski definition) is 3. The van der Waals surface area contributed by atoms with Crippen molar-refractivity contribution in [2.24, 2.45) is 4.99 Å². The number of nitrogens with zero attached hydrogens (tertiary/aromatic N) is 4. The van der Waals surface area contributed by atoms with Crippen molar-refractivity contribution in [1.82, 2.24) is 14.5 Å². The first-order chi connectivity index (χ1) is 17.9. The van der Waals surface area contributed by atoms with E-state index in [0.717, 1.165) is 59.9 Å². The van der Waals surface area contributed by atoms with Crippen LogP contribution in [0.15, 0.2) is 41.4 Å². The fourth-order valence-corrected chi connectivity index (χ4v) is 4.68. The van der Waals surface area contributed by atoms with Crippen LogP contribution in [0.4, 0.5) is 5.82 Å². The summed E-state index contributed by atoms with van der Waals surface area (Å²) in [6, 6.07) is 10.5. The molecule has 1 atom stereocenters. The summed E-state index contributed by atoms with van der Waals surface area (Å²) < 4.78 is 2.06. The number of fused-ring (bicyclic) bond motifs is 3. The van der Waals surface area contributed by atoms with Crippen LogP contribution in [0.25, 0.3) is 21.9 Å². The molecule has 194 valence electrons. The molecule has 0 saturated carbocycles. The molecule has 0 saturated heterocycles. The Morgan fingerprint density at radius 2 is 1.97 bits per heavy atom. The van der Waals surface area contributed by atoms with Gasteiger partial charge in [0.15, 0.2) is 5.82 Å². The molecule has 0 radical (unpaired) electrons. The van der Waals surface area contributed by atoms with Gasteiger partial charge in [0.25, 0.3) is 5.91 Å². The molecule has 0 aliphatic carbocycles. The van der Waals surface area contributed by atoms with E-state index in [1.807, 2.05) is 12.1 Å². The van der Waals surface area contributed by atoms with Crippen LogP contribution in [0, 0.1) is 0 Å². The summed E-state index contributed by atoms with van der Waals surface area (Å²) in [5, 5.41) is 21.4. The van der Waals surface area contributed by atoms with E-state index in [1.165, 1.54) is 12.1 Å². The van der Waals surface area contributed by atoms with Gasteiger partial charge in [-0.2, -0.15) is 0 Å². The summed E-state index contributed by atoms with van der Waals surface area (Å²) in [6.45, 7) is 4.52. The number of nitrogen functional groups attached to an aromatic ring is 1. The number of carbonyl (C=O) groups is 1. The average Bonchev–Trinajstić information content (AvgIpc) is 3.26. The van der Waals surface area contributed by atoms with Gasteiger partial charge >= 0.3 is 0 Å². The molecule has 2 heterocycles. The van der Waals surface area contributed by atoms with Crippen LogP contribution >= 0.6 is 11.6 Å². The van der Waals surface area contributed by atoms with Gasteiger partial charge in [0.05, 0.1) is 17.6 Å². The van der Waals surface area contributed by atoms with Crippen molar-refractivity contribution in [2.45, 2.75) is 58.4 Å². The molecule has 1 amide bonds. The Labute approximate surface area is 220 Å². The number of anilines is 1. The standard InChI is InChI=1S/C28H32ClN5O3/c1-3-5-7-24-33-26-27(34(24)16-19-12-20(35)9-11-23(19)36)21-13-17(8-10-22(21)32-28(26)30)18(6-4-2)15-31-25(37)14-29/h8-13,15,18,35-36H,3-7,14,16H2,1-2H3,(H2,30,32). The predicted molar refractivity (Wildman–Crippen MR) is 149 cm³/mol. The third-order valence-electron chi connectivity index (χ3n) is 6.49. The summed E-state index contributed by atoms with van der Waals surface area (Å²) in [7, 11) is 0. The number of benzene rings is 2. The number of aryl methyl sites for hydroxylation is 1. The van der Waals surface area contributed by atoms with Crippen LogP contribution in [0.3, 0.4) is 0 Å². The SMILES string of the molecule is CCCCc1nc2c(N)nc3ccc(C(C=NC(=O)CCl)CCC)cc3c2n1Cc1cc(O)ccc1O. The molecule has 4 rings (SSSR count). The normalized spacial score (nSPS) is 12.6. The fraction of sp³-hybridized carbons (Fsp3) is 0.357. The topological polar surface area (TPSA) is 127 Å². The zero-order valence-corrected chi connectivity index (χ0v) is 21.9. The zero-order chi connectivity index (χ0) is 26.5. The molecule has 0 fully saturated rings. The van der Waals surface area contributed by atoms with E-state index >= 15 is 0 Å². The van der Waals surface area contributed by atoms with Crippen molar-refractivity contribution in [3.63, 3.8) is 0 Å². The van der Waals surface area contributed by atoms with Gasteiger partial charge in [0.2, 0.25) is 0 Å². The van der Waals surface area contributed by atoms with Gasteiger partial charge < -0.3 is 20.5 Å². The second kappa shape index (κ2) is 11.6. The van der Waals surface area contributed by atoms with Crippen LogP contribution in [-0.4, -0.2) is 42.7 Å². The van der Waals surface area contributed by atoms with Crippen molar-refractivity contribution >= 4 is 51.5 Å². The number of halogens is 1. The number of hydrogen-bond acceptors (Lipinski definition) is 6. The number of aromatic nitrogens is 3. The van der Waals surface area contributed by atoms with Crippen molar-refractivity contribution in [2.75, 3.05) is 11.6 Å². The van der Waals surface area contributed by atoms with E-state index in [1.54, 1.807) is 12.3 Å². The van der Waals surface area contributed by atoms with Gasteiger partial charge in [-0.25, -0.2) is 15.0 Å². The number of phenols is 2. The second-order valence-electron chi connectivity index (χ2n) is 9.20. The smallest absolute Gasteiger partial charge is 0.260 e. The van der Waals surface area contributed by atoms with E-state index < -0.39 is 0 Å². The van der Waals surface area contributed by atoms with Crippen LogP contribution in [0.2, 0.25) is 0 Å². The molecule has 4 aromatic rings. The third-order valence-corrected chi connectivity index (χ3v) is 6.72. The zero-order valence-electron chi connectivity index (χ0n) is 21.1. The number of pyridine rings is 1. The van der Waals surface area contributed by atoms with Gasteiger partial charge in [0.1, 0.15) is 28.7 Å². The lowest BCUT2D eigenvalue weighted by molar-refractivity contribution is -0.115. The molecular weight excluding hydrogens is 490 g/mol. The number of amides is 1. The highest BCUT2D eigenvalue weighted by Gasteiger charge is 2.20. The Balaban J connectivity index is 1.94. The number of unbranched alkanes of at least 4 members (excludes halogenated alkanes) is 1. The monoisotopic (exact) mass is 521 g/mol. The van der Waals surface area contributed by atoms with E-state index in [-0.39, 0.29) is 29.2 Å². The molecule has 0 aliphatic rings. The predicted octanol–water partition coefficient (Wildman–Crippen LogP) is 5.69. The maximum absolute atomic E-state index is 11.7. The molecule has 2 aromatic heterocycles. The number of imidazole rings is 1. The van der Waals surface area contributed by atoms with Gasteiger partial charge in [-0.05, 0) is 48.7 Å². The maximum Gasteiger partial charge on any atom is 0.260 e. The summed E-state index contributed by atoms with van der Waals surface area (Å²) in [5.41, 5.74) is 10.1. The number of rotatable bonds is 10. The quantitative estimate of drug-likeness (QED) is 0.140. The molecule has 2 aromatic carbocycles. The number of alkyl halides is 1. The molecule has 9 heteroatoms. The Kier molecular flexibility index (Phi) is 8.28. The Hall–Kier alpha value is -3.65. The van der Waals surface area contributed by atoms with E-state index in [2.05, 4.69) is 34.5 Å². The first kappa shape index (κ1) is 26.4. The molecule has 4 N–H and O–H groups in total. The van der Waals surface area contributed by atoms with E-state index in [9.17, 15) is 15.0 Å². The lowest BCUT2D eigenvalue weighted by Crippen LogP contribution is -2.07. The molecular formula is C28H32ClN5O3. The van der Waals surface area contributed by atoms with Gasteiger partial charge in [0, 0.05) is 29.5 Å². The summed E-state index contributed by atoms with van der Waals surface area (Å²) in [6.07, 6.45) is 6.07. The molecule has 0 spiro atoms. The van der Waals surface area contributed by atoms with Gasteiger partial charge in [-0.15, -0.1) is 11.6 Å². The first-order valence-electron chi connectivity index (χ1n) is 12.6. The van der Waals surface area contributed by atoms with E-state index in [0.29, 0.717) is 23.4 Å². The minimum Gasteiger partial charge on any atom is -0.508 e. The van der Waals surface area contributed by atoms with Gasteiger partial charge in [-0.3, -0.25) is 4.79 Å². The molecule has 0 bridgehead atoms. The van der Waals surface area contributed by atoms with Crippen LogP contribution in [0.5, 0.6) is 11.5 Å². The first-order valence-corrected chi connectivity index (χ1v) is 13.1. The highest BCUT2D eigenvalue weighted by Crippen LogP contribution is 2.34. The number of nitrogens with two attached hydrogens (primary N) is 1. The second-order valence-corrected chi connectivity index (χ2v) is 9.47. The molecule has 0 aliphatic heterocycles. The fourth-order valence-electron chi connectivity index (χ4n) is 4.62. The van der Waals surface area contributed by atoms with Crippen molar-refractivity contribution in [3.05, 3.63) is 53.3 Å². The minimum atomic E-state index is -0.370. The minimum absolute atomic E-state index is 0.0692. The van der Waals surface area contributed by atoms with Crippen molar-refractivity contribution in [3.8, 4) is 11.5 Å². The average molecular weight is 522 g/mol. The Morgan fingerprint density at radius 1 is 1.16 bits per heavy atom. The summed E-state index contributed by atoms with van der Waals surface area (Å²) in [5.74, 6) is 0.755.